The zero-order valence-electron chi connectivity index (χ0n) is 8.09. The highest BCUT2D eigenvalue weighted by Crippen LogP contribution is 2.17. The van der Waals surface area contributed by atoms with Gasteiger partial charge in [0, 0.05) is 0 Å². The van der Waals surface area contributed by atoms with E-state index in [4.69, 9.17) is 10.5 Å². The van der Waals surface area contributed by atoms with Gasteiger partial charge >= 0.3 is 0 Å². The maximum atomic E-state index is 5.74. The van der Waals surface area contributed by atoms with Crippen LogP contribution in [0.15, 0.2) is 0 Å². The van der Waals surface area contributed by atoms with Gasteiger partial charge in [-0.25, -0.2) is 0 Å². The third-order valence-electron chi connectivity index (χ3n) is 2.57. The van der Waals surface area contributed by atoms with Crippen molar-refractivity contribution in [1.82, 2.24) is 0 Å². The highest BCUT2D eigenvalue weighted by atomic mass is 16.5. The molecule has 0 aromatic carbocycles. The number of ether oxygens (including phenoxy) is 1. The van der Waals surface area contributed by atoms with Gasteiger partial charge in [0.05, 0.1) is 18.8 Å². The van der Waals surface area contributed by atoms with E-state index in [0.717, 1.165) is 6.61 Å². The first-order chi connectivity index (χ1) is 5.84. The largest absolute Gasteiger partial charge is 0.375 e. The highest BCUT2D eigenvalue weighted by molar-refractivity contribution is 4.81. The quantitative estimate of drug-likeness (QED) is 0.621. The van der Waals surface area contributed by atoms with Gasteiger partial charge in [0.15, 0.2) is 0 Å². The lowest BCUT2D eigenvalue weighted by Crippen LogP contribution is -2.50. The predicted molar refractivity (Wildman–Crippen MR) is 51.1 cm³/mol. The van der Waals surface area contributed by atoms with Crippen molar-refractivity contribution >= 4 is 0 Å². The van der Waals surface area contributed by atoms with Gasteiger partial charge in [-0.3, -0.25) is 0 Å². The Morgan fingerprint density at radius 1 is 1.25 bits per heavy atom. The normalized spacial score (nSPS) is 28.5. The SMILES string of the molecule is CCCCCCCC1OCC1N. The van der Waals surface area contributed by atoms with Crippen LogP contribution in [0.1, 0.15) is 45.4 Å². The lowest BCUT2D eigenvalue weighted by atomic mass is 10.0. The Labute approximate surface area is 75.5 Å². The molecule has 2 N–H and O–H groups in total. The van der Waals surface area contributed by atoms with Crippen LogP contribution < -0.4 is 5.73 Å². The number of rotatable bonds is 6. The van der Waals surface area contributed by atoms with Crippen LogP contribution in [-0.2, 0) is 4.74 Å². The fourth-order valence-electron chi connectivity index (χ4n) is 1.59. The van der Waals surface area contributed by atoms with E-state index in [2.05, 4.69) is 6.92 Å². The number of unbranched alkanes of at least 4 members (excludes halogenated alkanes) is 4. The maximum Gasteiger partial charge on any atom is 0.0749 e. The zero-order valence-corrected chi connectivity index (χ0v) is 8.09. The second-order valence-corrected chi connectivity index (χ2v) is 3.74. The third kappa shape index (κ3) is 3.11. The van der Waals surface area contributed by atoms with Crippen molar-refractivity contribution in [3.8, 4) is 0 Å². The van der Waals surface area contributed by atoms with E-state index in [1.807, 2.05) is 0 Å². The smallest absolute Gasteiger partial charge is 0.0749 e. The molecule has 1 saturated heterocycles. The molecule has 0 amide bonds. The summed E-state index contributed by atoms with van der Waals surface area (Å²) in [5.74, 6) is 0. The number of nitrogens with two attached hydrogens (primary N) is 1. The Balaban J connectivity index is 1.82. The standard InChI is InChI=1S/C10H21NO/c1-2-3-4-5-6-7-10-9(11)8-12-10/h9-10H,2-8,11H2,1H3. The molecule has 2 unspecified atom stereocenters. The average Bonchev–Trinajstić information content (AvgIpc) is 2.08. The minimum absolute atomic E-state index is 0.330. The van der Waals surface area contributed by atoms with Gasteiger partial charge < -0.3 is 10.5 Å². The van der Waals surface area contributed by atoms with Crippen molar-refractivity contribution in [2.24, 2.45) is 5.73 Å². The fourth-order valence-corrected chi connectivity index (χ4v) is 1.59. The summed E-state index contributed by atoms with van der Waals surface area (Å²) in [5, 5.41) is 0. The molecule has 0 aliphatic carbocycles. The Kier molecular flexibility index (Phi) is 4.62. The first-order valence-corrected chi connectivity index (χ1v) is 5.21. The summed E-state index contributed by atoms with van der Waals surface area (Å²) in [6.45, 7) is 3.02. The molecule has 1 rings (SSSR count). The molecule has 2 atom stereocenters. The van der Waals surface area contributed by atoms with Crippen molar-refractivity contribution in [3.05, 3.63) is 0 Å². The van der Waals surface area contributed by atoms with Gasteiger partial charge in [0.1, 0.15) is 0 Å². The summed E-state index contributed by atoms with van der Waals surface area (Å²) in [7, 11) is 0. The van der Waals surface area contributed by atoms with Gasteiger partial charge in [-0.2, -0.15) is 0 Å². The van der Waals surface area contributed by atoms with Crippen LogP contribution in [0.25, 0.3) is 0 Å². The molecule has 72 valence electrons. The van der Waals surface area contributed by atoms with E-state index in [1.165, 1.54) is 38.5 Å². The van der Waals surface area contributed by atoms with Crippen LogP contribution in [0.4, 0.5) is 0 Å². The first kappa shape index (κ1) is 10.0. The molecule has 1 aliphatic heterocycles. The maximum absolute atomic E-state index is 5.74. The van der Waals surface area contributed by atoms with E-state index >= 15 is 0 Å². The van der Waals surface area contributed by atoms with Gasteiger partial charge in [-0.1, -0.05) is 39.0 Å². The van der Waals surface area contributed by atoms with Gasteiger partial charge in [-0.05, 0) is 6.42 Å². The minimum atomic E-state index is 0.330. The van der Waals surface area contributed by atoms with E-state index in [1.54, 1.807) is 0 Å². The molecule has 1 fully saturated rings. The first-order valence-electron chi connectivity index (χ1n) is 5.21. The molecule has 2 nitrogen and oxygen atoms in total. The van der Waals surface area contributed by atoms with E-state index < -0.39 is 0 Å². The van der Waals surface area contributed by atoms with Crippen LogP contribution in [0.2, 0.25) is 0 Å². The van der Waals surface area contributed by atoms with Crippen molar-refractivity contribution in [1.29, 1.82) is 0 Å². The molecule has 2 heteroatoms. The minimum Gasteiger partial charge on any atom is -0.375 e. The Bertz CT molecular complexity index is 116. The Morgan fingerprint density at radius 3 is 2.50 bits per heavy atom. The zero-order chi connectivity index (χ0) is 8.81. The summed E-state index contributed by atoms with van der Waals surface area (Å²) in [5.41, 5.74) is 5.74. The second-order valence-electron chi connectivity index (χ2n) is 3.74. The molecular weight excluding hydrogens is 150 g/mol. The summed E-state index contributed by atoms with van der Waals surface area (Å²) < 4.78 is 5.32. The summed E-state index contributed by atoms with van der Waals surface area (Å²) >= 11 is 0. The number of hydrogen-bond acceptors (Lipinski definition) is 2. The number of hydrogen-bond donors (Lipinski definition) is 1. The van der Waals surface area contributed by atoms with Crippen molar-refractivity contribution in [3.63, 3.8) is 0 Å². The summed E-state index contributed by atoms with van der Waals surface area (Å²) in [6.07, 6.45) is 8.26. The summed E-state index contributed by atoms with van der Waals surface area (Å²) in [4.78, 5) is 0. The van der Waals surface area contributed by atoms with E-state index in [-0.39, 0.29) is 0 Å². The van der Waals surface area contributed by atoms with Gasteiger partial charge in [0.25, 0.3) is 0 Å². The Morgan fingerprint density at radius 2 is 2.00 bits per heavy atom. The average molecular weight is 171 g/mol. The third-order valence-corrected chi connectivity index (χ3v) is 2.57. The molecule has 0 radical (unpaired) electrons. The molecular formula is C10H21NO. The van der Waals surface area contributed by atoms with Crippen LogP contribution in [0.3, 0.4) is 0 Å². The highest BCUT2D eigenvalue weighted by Gasteiger charge is 2.27. The monoisotopic (exact) mass is 171 g/mol. The molecule has 0 aromatic heterocycles. The van der Waals surface area contributed by atoms with Crippen LogP contribution >= 0.6 is 0 Å². The molecule has 1 heterocycles. The van der Waals surface area contributed by atoms with Gasteiger partial charge in [-0.15, -0.1) is 0 Å². The van der Waals surface area contributed by atoms with Crippen molar-refractivity contribution < 1.29 is 4.74 Å². The molecule has 0 spiro atoms. The van der Waals surface area contributed by atoms with Gasteiger partial charge in [0.2, 0.25) is 0 Å². The molecule has 0 saturated carbocycles. The van der Waals surface area contributed by atoms with Crippen molar-refractivity contribution in [2.75, 3.05) is 6.61 Å². The lowest BCUT2D eigenvalue weighted by Gasteiger charge is -2.33. The molecule has 0 aromatic rings. The van der Waals surface area contributed by atoms with E-state index in [9.17, 15) is 0 Å². The summed E-state index contributed by atoms with van der Waals surface area (Å²) in [6, 6.07) is 0.330. The fraction of sp³-hybridized carbons (Fsp3) is 1.00. The van der Waals surface area contributed by atoms with Crippen LogP contribution in [0.5, 0.6) is 0 Å². The van der Waals surface area contributed by atoms with Crippen LogP contribution in [-0.4, -0.2) is 18.8 Å². The predicted octanol–water partition coefficient (Wildman–Crippen LogP) is 2.07. The molecule has 0 bridgehead atoms. The van der Waals surface area contributed by atoms with Crippen LogP contribution in [0, 0.1) is 0 Å². The molecule has 1 aliphatic rings. The second kappa shape index (κ2) is 5.55. The van der Waals surface area contributed by atoms with Crippen molar-refractivity contribution in [2.45, 2.75) is 57.6 Å². The lowest BCUT2D eigenvalue weighted by molar-refractivity contribution is -0.0772. The topological polar surface area (TPSA) is 35.2 Å². The molecule has 12 heavy (non-hydrogen) atoms. The van der Waals surface area contributed by atoms with E-state index in [0.29, 0.717) is 12.1 Å². The Hall–Kier alpha value is -0.0800.